The minimum absolute atomic E-state index is 0.513. The average Bonchev–Trinajstić information content (AvgIpc) is 2.23. The van der Waals surface area contributed by atoms with Crippen molar-refractivity contribution in [1.82, 2.24) is 0 Å². The van der Waals surface area contributed by atoms with Crippen LogP contribution in [0.1, 0.15) is 47.2 Å². The van der Waals surface area contributed by atoms with Crippen molar-refractivity contribution < 1.29 is 0 Å². The average molecular weight is 216 g/mol. The molecule has 1 aromatic rings. The van der Waals surface area contributed by atoms with Crippen LogP contribution in [0.5, 0.6) is 0 Å². The van der Waals surface area contributed by atoms with Crippen LogP contribution in [0.2, 0.25) is 0 Å². The topological polar surface area (TPSA) is 0 Å². The lowest BCUT2D eigenvalue weighted by Crippen LogP contribution is -2.04. The van der Waals surface area contributed by atoms with Gasteiger partial charge in [-0.1, -0.05) is 20.4 Å². The maximum Gasteiger partial charge on any atom is -0.0164 e. The van der Waals surface area contributed by atoms with Gasteiger partial charge in [0.15, 0.2) is 0 Å². The molecule has 0 saturated heterocycles. The van der Waals surface area contributed by atoms with Gasteiger partial charge in [-0.25, -0.2) is 0 Å². The van der Waals surface area contributed by atoms with Gasteiger partial charge in [0, 0.05) is 0 Å². The van der Waals surface area contributed by atoms with Crippen LogP contribution in [0, 0.1) is 40.5 Å². The second-order valence-electron chi connectivity index (χ2n) is 5.18. The molecule has 0 heterocycles. The first kappa shape index (κ1) is 13.0. The lowest BCUT2D eigenvalue weighted by Gasteiger charge is -2.22. The van der Waals surface area contributed by atoms with Crippen LogP contribution < -0.4 is 0 Å². The van der Waals surface area contributed by atoms with Gasteiger partial charge in [-0.3, -0.25) is 0 Å². The first-order valence-electron chi connectivity index (χ1n) is 6.05. The summed E-state index contributed by atoms with van der Waals surface area (Å²) in [6, 6.07) is 0. The van der Waals surface area contributed by atoms with Crippen LogP contribution in [0.3, 0.4) is 0 Å². The molecule has 0 aliphatic rings. The number of hydrogen-bond acceptors (Lipinski definition) is 0. The molecular weight excluding hydrogens is 192 g/mol. The molecule has 0 bridgehead atoms. The molecule has 0 unspecified atom stereocenters. The normalized spacial score (nSPS) is 11.0. The maximum atomic E-state index is 4.26. The molecule has 0 spiro atoms. The van der Waals surface area contributed by atoms with E-state index in [2.05, 4.69) is 55.0 Å². The minimum atomic E-state index is 0.513. The van der Waals surface area contributed by atoms with Crippen molar-refractivity contribution in [3.63, 3.8) is 0 Å². The summed E-state index contributed by atoms with van der Waals surface area (Å²) in [6.07, 6.45) is 0. The van der Waals surface area contributed by atoms with Gasteiger partial charge >= 0.3 is 0 Å². The summed E-state index contributed by atoms with van der Waals surface area (Å²) in [6.45, 7) is 19.8. The Morgan fingerprint density at radius 1 is 0.750 bits per heavy atom. The van der Waals surface area contributed by atoms with Crippen molar-refractivity contribution in [2.75, 3.05) is 0 Å². The molecule has 88 valence electrons. The Labute approximate surface area is 100 Å². The van der Waals surface area contributed by atoms with Gasteiger partial charge in [0.05, 0.1) is 0 Å². The first-order valence-corrected chi connectivity index (χ1v) is 6.05. The van der Waals surface area contributed by atoms with E-state index in [9.17, 15) is 0 Å². The fraction of sp³-hybridized carbons (Fsp3) is 0.500. The molecule has 16 heavy (non-hydrogen) atoms. The van der Waals surface area contributed by atoms with Crippen molar-refractivity contribution in [3.05, 3.63) is 40.0 Å². The highest BCUT2D eigenvalue weighted by Gasteiger charge is 2.15. The molecule has 0 aliphatic carbocycles. The summed E-state index contributed by atoms with van der Waals surface area (Å²) in [5.74, 6) is 0.513. The summed E-state index contributed by atoms with van der Waals surface area (Å²) < 4.78 is 0. The number of rotatable bonds is 2. The van der Waals surface area contributed by atoms with E-state index in [4.69, 9.17) is 0 Å². The predicted molar refractivity (Wildman–Crippen MR) is 74.0 cm³/mol. The van der Waals surface area contributed by atoms with E-state index in [0.29, 0.717) is 5.92 Å². The molecule has 0 N–H and O–H groups in total. The van der Waals surface area contributed by atoms with Gasteiger partial charge in [-0.05, 0) is 79.5 Å². The molecule has 0 heteroatoms. The van der Waals surface area contributed by atoms with Gasteiger partial charge in [0.1, 0.15) is 0 Å². The lowest BCUT2D eigenvalue weighted by atomic mass is 9.83. The molecule has 0 atom stereocenters. The van der Waals surface area contributed by atoms with Crippen molar-refractivity contribution >= 4 is 5.57 Å². The Morgan fingerprint density at radius 2 is 1.06 bits per heavy atom. The summed E-state index contributed by atoms with van der Waals surface area (Å²) in [7, 11) is 0. The number of benzene rings is 1. The zero-order chi connectivity index (χ0) is 12.6. The highest BCUT2D eigenvalue weighted by atomic mass is 14.2. The first-order chi connectivity index (χ1) is 7.29. The van der Waals surface area contributed by atoms with Gasteiger partial charge in [0.2, 0.25) is 0 Å². The fourth-order valence-corrected chi connectivity index (χ4v) is 2.27. The van der Waals surface area contributed by atoms with Crippen LogP contribution in [-0.2, 0) is 0 Å². The van der Waals surface area contributed by atoms with E-state index in [1.807, 2.05) is 0 Å². The fourth-order valence-electron chi connectivity index (χ4n) is 2.27. The Hall–Kier alpha value is -1.04. The van der Waals surface area contributed by atoms with E-state index in [1.54, 1.807) is 0 Å². The molecule has 0 nitrogen and oxygen atoms in total. The van der Waals surface area contributed by atoms with Crippen molar-refractivity contribution in [3.8, 4) is 0 Å². The van der Waals surface area contributed by atoms with E-state index in [0.717, 1.165) is 0 Å². The second-order valence-corrected chi connectivity index (χ2v) is 5.18. The largest absolute Gasteiger partial charge is 0.0950 e. The van der Waals surface area contributed by atoms with Crippen LogP contribution in [0.25, 0.3) is 5.57 Å². The number of hydrogen-bond donors (Lipinski definition) is 0. The van der Waals surface area contributed by atoms with Gasteiger partial charge in [-0.15, -0.1) is 0 Å². The third-order valence-corrected chi connectivity index (χ3v) is 4.02. The molecule has 0 aromatic heterocycles. The summed E-state index contributed by atoms with van der Waals surface area (Å²) in [5.41, 5.74) is 9.71. The zero-order valence-electron chi connectivity index (χ0n) is 11.8. The molecule has 0 amide bonds. The predicted octanol–water partition coefficient (Wildman–Crippen LogP) is 4.90. The molecule has 0 fully saturated rings. The minimum Gasteiger partial charge on any atom is -0.0950 e. The maximum absolute atomic E-state index is 4.26. The Morgan fingerprint density at radius 3 is 1.38 bits per heavy atom. The standard InChI is InChI=1S/C16H24/c1-9(2)10(3)16-14(7)12(5)11(4)13(6)15(16)8/h9H,3H2,1-2,4-8H3. The zero-order valence-corrected chi connectivity index (χ0v) is 11.8. The van der Waals surface area contributed by atoms with E-state index in [1.165, 1.54) is 39.0 Å². The van der Waals surface area contributed by atoms with Crippen LogP contribution >= 0.6 is 0 Å². The van der Waals surface area contributed by atoms with Crippen molar-refractivity contribution in [2.45, 2.75) is 48.5 Å². The van der Waals surface area contributed by atoms with Crippen LogP contribution in [0.4, 0.5) is 0 Å². The van der Waals surface area contributed by atoms with E-state index in [-0.39, 0.29) is 0 Å². The molecule has 1 aromatic carbocycles. The molecule has 0 radical (unpaired) electrons. The molecular formula is C16H24. The second kappa shape index (κ2) is 4.45. The smallest absolute Gasteiger partial charge is 0.0164 e. The Kier molecular flexibility index (Phi) is 3.62. The summed E-state index contributed by atoms with van der Waals surface area (Å²) >= 11 is 0. The third kappa shape index (κ3) is 1.93. The van der Waals surface area contributed by atoms with Crippen LogP contribution in [-0.4, -0.2) is 0 Å². The molecule has 0 aliphatic heterocycles. The molecule has 0 saturated carbocycles. The van der Waals surface area contributed by atoms with Crippen LogP contribution in [0.15, 0.2) is 6.58 Å². The molecule has 1 rings (SSSR count). The van der Waals surface area contributed by atoms with E-state index >= 15 is 0 Å². The highest BCUT2D eigenvalue weighted by Crippen LogP contribution is 2.33. The SMILES string of the molecule is C=C(c1c(C)c(C)c(C)c(C)c1C)C(C)C. The van der Waals surface area contributed by atoms with E-state index < -0.39 is 0 Å². The van der Waals surface area contributed by atoms with Crippen molar-refractivity contribution in [1.29, 1.82) is 0 Å². The highest BCUT2D eigenvalue weighted by molar-refractivity contribution is 5.73. The third-order valence-electron chi connectivity index (χ3n) is 4.02. The summed E-state index contributed by atoms with van der Waals surface area (Å²) in [4.78, 5) is 0. The Balaban J connectivity index is 3.58. The Bertz CT molecular complexity index is 405. The van der Waals surface area contributed by atoms with Gasteiger partial charge in [0.25, 0.3) is 0 Å². The van der Waals surface area contributed by atoms with Gasteiger partial charge in [-0.2, -0.15) is 0 Å². The lowest BCUT2D eigenvalue weighted by molar-refractivity contribution is 0.853. The monoisotopic (exact) mass is 216 g/mol. The quantitative estimate of drug-likeness (QED) is 0.659. The van der Waals surface area contributed by atoms with Crippen molar-refractivity contribution in [2.24, 2.45) is 5.92 Å². The van der Waals surface area contributed by atoms with Gasteiger partial charge < -0.3 is 0 Å². The number of allylic oxidation sites excluding steroid dienone is 1. The summed E-state index contributed by atoms with van der Waals surface area (Å²) in [5, 5.41) is 0.